The van der Waals surface area contributed by atoms with Crippen molar-refractivity contribution < 1.29 is 26.4 Å². The van der Waals surface area contributed by atoms with Crippen molar-refractivity contribution in [1.29, 1.82) is 0 Å². The molecule has 34 heavy (non-hydrogen) atoms. The maximum atomic E-state index is 13.6. The smallest absolute Gasteiger partial charge is 0.365 e. The molecule has 0 unspecified atom stereocenters. The average molecular weight is 492 g/mol. The van der Waals surface area contributed by atoms with Gasteiger partial charge in [0.1, 0.15) is 11.4 Å². The van der Waals surface area contributed by atoms with Gasteiger partial charge < -0.3 is 16.0 Å². The van der Waals surface area contributed by atoms with E-state index < -0.39 is 27.4 Å². The Hall–Kier alpha value is -3.74. The molecule has 0 saturated heterocycles. The highest BCUT2D eigenvalue weighted by molar-refractivity contribution is 7.89. The minimum Gasteiger partial charge on any atom is -0.365 e. The van der Waals surface area contributed by atoms with Gasteiger partial charge in [-0.15, -0.1) is 0 Å². The Bertz CT molecular complexity index is 1360. The van der Waals surface area contributed by atoms with Gasteiger partial charge in [-0.05, 0) is 35.4 Å². The third-order valence-electron chi connectivity index (χ3n) is 4.91. The maximum Gasteiger partial charge on any atom is 0.421 e. The summed E-state index contributed by atoms with van der Waals surface area (Å²) < 4.78 is 64.0. The van der Waals surface area contributed by atoms with Crippen molar-refractivity contribution in [3.05, 3.63) is 65.1 Å². The van der Waals surface area contributed by atoms with Gasteiger partial charge in [0.05, 0.1) is 17.9 Å². The lowest BCUT2D eigenvalue weighted by Gasteiger charge is -2.16. The Balaban J connectivity index is 1.59. The summed E-state index contributed by atoms with van der Waals surface area (Å²) in [5, 5.41) is 8.18. The molecule has 13 heteroatoms. The van der Waals surface area contributed by atoms with Crippen LogP contribution < -0.4 is 16.0 Å². The molecule has 0 saturated carbocycles. The zero-order valence-corrected chi connectivity index (χ0v) is 18.6. The molecule has 0 fully saturated rings. The van der Waals surface area contributed by atoms with Crippen molar-refractivity contribution in [3.63, 3.8) is 0 Å². The number of carbonyl (C=O) groups excluding carboxylic acids is 1. The molecule has 1 aromatic carbocycles. The highest BCUT2D eigenvalue weighted by Crippen LogP contribution is 2.35. The molecule has 3 aromatic rings. The minimum atomic E-state index is -4.72. The number of halogens is 3. The van der Waals surface area contributed by atoms with E-state index in [4.69, 9.17) is 0 Å². The molecule has 1 aliphatic rings. The Morgan fingerprint density at radius 1 is 1.18 bits per heavy atom. The third kappa shape index (κ3) is 5.60. The number of hydrogen-bond acceptors (Lipinski definition) is 8. The van der Waals surface area contributed by atoms with Crippen molar-refractivity contribution in [2.75, 3.05) is 22.2 Å². The van der Waals surface area contributed by atoms with E-state index in [0.29, 0.717) is 23.1 Å². The van der Waals surface area contributed by atoms with E-state index in [1.807, 2.05) is 0 Å². The summed E-state index contributed by atoms with van der Waals surface area (Å²) in [6, 6.07) is 8.15. The second-order valence-corrected chi connectivity index (χ2v) is 9.85. The van der Waals surface area contributed by atoms with Gasteiger partial charge in [-0.2, -0.15) is 18.2 Å². The summed E-state index contributed by atoms with van der Waals surface area (Å²) in [4.78, 5) is 23.3. The van der Waals surface area contributed by atoms with Crippen LogP contribution >= 0.6 is 0 Å². The molecule has 0 bridgehead atoms. The number of benzene rings is 1. The molecule has 0 radical (unpaired) electrons. The first-order chi connectivity index (χ1) is 16.0. The van der Waals surface area contributed by atoms with Gasteiger partial charge in [0, 0.05) is 36.6 Å². The molecule has 0 aliphatic carbocycles. The highest BCUT2D eigenvalue weighted by Gasteiger charge is 2.35. The predicted molar refractivity (Wildman–Crippen MR) is 119 cm³/mol. The van der Waals surface area contributed by atoms with Gasteiger partial charge in [0.2, 0.25) is 11.9 Å². The number of alkyl halides is 3. The fourth-order valence-electron chi connectivity index (χ4n) is 3.41. The summed E-state index contributed by atoms with van der Waals surface area (Å²) in [6.45, 7) is -0.134. The third-order valence-corrected chi connectivity index (χ3v) is 5.71. The van der Waals surface area contributed by atoms with Crippen LogP contribution in [0, 0.1) is 0 Å². The van der Waals surface area contributed by atoms with E-state index >= 15 is 0 Å². The molecule has 2 aromatic heterocycles. The van der Waals surface area contributed by atoms with Crippen molar-refractivity contribution in [2.24, 2.45) is 0 Å². The first kappa shape index (κ1) is 23.4. The van der Waals surface area contributed by atoms with Crippen molar-refractivity contribution >= 4 is 38.9 Å². The molecule has 1 amide bonds. The van der Waals surface area contributed by atoms with Gasteiger partial charge >= 0.3 is 6.18 Å². The second-order valence-electron chi connectivity index (χ2n) is 7.71. The van der Waals surface area contributed by atoms with Crippen LogP contribution in [0.2, 0.25) is 0 Å². The lowest BCUT2D eigenvalue weighted by molar-refractivity contribution is -0.137. The lowest BCUT2D eigenvalue weighted by Crippen LogP contribution is -2.15. The number of sulfone groups is 1. The Labute approximate surface area is 192 Å². The van der Waals surface area contributed by atoms with Crippen LogP contribution in [0.5, 0.6) is 0 Å². The zero-order valence-electron chi connectivity index (χ0n) is 17.8. The number of nitrogens with one attached hydrogen (secondary N) is 3. The highest BCUT2D eigenvalue weighted by atomic mass is 32.2. The van der Waals surface area contributed by atoms with Gasteiger partial charge in [-0.1, -0.05) is 6.07 Å². The number of carbonyl (C=O) groups is 1. The topological polar surface area (TPSA) is 126 Å². The minimum absolute atomic E-state index is 0.0877. The van der Waals surface area contributed by atoms with Gasteiger partial charge in [-0.25, -0.2) is 13.4 Å². The molecule has 9 nitrogen and oxygen atoms in total. The Kier molecular flexibility index (Phi) is 6.13. The van der Waals surface area contributed by atoms with E-state index in [-0.39, 0.29) is 36.3 Å². The first-order valence-electron chi connectivity index (χ1n) is 9.96. The number of amides is 1. The molecule has 4 rings (SSSR count). The fourth-order valence-corrected chi connectivity index (χ4v) is 4.17. The van der Waals surface area contributed by atoms with Crippen LogP contribution in [0.3, 0.4) is 0 Å². The van der Waals surface area contributed by atoms with E-state index in [2.05, 4.69) is 30.9 Å². The normalized spacial score (nSPS) is 13.4. The number of fused-ring (bicyclic) bond motifs is 1. The maximum absolute atomic E-state index is 13.6. The van der Waals surface area contributed by atoms with Gasteiger partial charge in [0.25, 0.3) is 0 Å². The Morgan fingerprint density at radius 3 is 2.71 bits per heavy atom. The summed E-state index contributed by atoms with van der Waals surface area (Å²) in [7, 11) is -3.39. The Morgan fingerprint density at radius 2 is 1.97 bits per heavy atom. The monoisotopic (exact) mass is 492 g/mol. The fraction of sp³-hybridized carbons (Fsp3) is 0.238. The van der Waals surface area contributed by atoms with Crippen molar-refractivity contribution in [2.45, 2.75) is 24.9 Å². The van der Waals surface area contributed by atoms with E-state index in [1.54, 1.807) is 30.3 Å². The molecule has 178 valence electrons. The summed E-state index contributed by atoms with van der Waals surface area (Å²) in [6.07, 6.45) is -1.39. The van der Waals surface area contributed by atoms with Crippen LogP contribution in [0.4, 0.5) is 36.3 Å². The van der Waals surface area contributed by atoms with Gasteiger partial charge in [0.15, 0.2) is 9.84 Å². The number of pyridine rings is 1. The molecule has 0 atom stereocenters. The molecule has 3 N–H and O–H groups in total. The average Bonchev–Trinajstić information content (AvgIpc) is 3.10. The predicted octanol–water partition coefficient (Wildman–Crippen LogP) is 3.29. The van der Waals surface area contributed by atoms with Crippen molar-refractivity contribution in [3.8, 4) is 0 Å². The molecule has 1 aliphatic heterocycles. The first-order valence-corrected chi connectivity index (χ1v) is 12.0. The van der Waals surface area contributed by atoms with Crippen LogP contribution in [-0.4, -0.2) is 35.5 Å². The number of rotatable bonds is 7. The lowest BCUT2D eigenvalue weighted by atomic mass is 10.1. The van der Waals surface area contributed by atoms with E-state index in [9.17, 15) is 26.4 Å². The summed E-state index contributed by atoms with van der Waals surface area (Å²) in [5.41, 5.74) is 1.51. The van der Waals surface area contributed by atoms with Crippen LogP contribution in [0.15, 0.2) is 42.7 Å². The van der Waals surface area contributed by atoms with Crippen LogP contribution in [0.25, 0.3) is 0 Å². The van der Waals surface area contributed by atoms with Crippen molar-refractivity contribution in [1.82, 2.24) is 15.0 Å². The molecule has 3 heterocycles. The molecule has 0 spiro atoms. The quantitative estimate of drug-likeness (QED) is 0.459. The second kappa shape index (κ2) is 8.89. The largest absolute Gasteiger partial charge is 0.421 e. The standard InChI is InChI=1S/C21H19F3N6O3S/c1-34(32,33)11-17-12(3-2-6-25-17)9-26-19-15(21(22,23)24)10-27-20(30-19)28-14-4-5-16-13(7-14)8-18(31)29-16/h2-7,10H,8-9,11H2,1H3,(H,29,31)(H2,26,27,28,30). The molecular formula is C21H19F3N6O3S. The summed E-state index contributed by atoms with van der Waals surface area (Å²) >= 11 is 0. The van der Waals surface area contributed by atoms with E-state index in [0.717, 1.165) is 11.8 Å². The number of nitrogens with zero attached hydrogens (tertiary/aromatic N) is 3. The number of anilines is 4. The van der Waals surface area contributed by atoms with Crippen LogP contribution in [0.1, 0.15) is 22.4 Å². The molecular weight excluding hydrogens is 473 g/mol. The summed E-state index contributed by atoms with van der Waals surface area (Å²) in [5.74, 6) is -1.05. The number of aromatic nitrogens is 3. The number of hydrogen-bond donors (Lipinski definition) is 3. The zero-order chi connectivity index (χ0) is 24.5. The van der Waals surface area contributed by atoms with Crippen LogP contribution in [-0.2, 0) is 39.5 Å². The van der Waals surface area contributed by atoms with E-state index in [1.165, 1.54) is 6.20 Å². The van der Waals surface area contributed by atoms with Gasteiger partial charge in [-0.3, -0.25) is 9.78 Å². The SMILES string of the molecule is CS(=O)(=O)Cc1ncccc1CNc1nc(Nc2ccc3c(c2)CC(=O)N3)ncc1C(F)(F)F.